The topological polar surface area (TPSA) is 72.3 Å². The van der Waals surface area contributed by atoms with Crippen molar-refractivity contribution in [1.29, 1.82) is 0 Å². The Kier molecular flexibility index (Phi) is 5.47. The zero-order valence-electron chi connectivity index (χ0n) is 14.1. The van der Waals surface area contributed by atoms with Crippen molar-refractivity contribution in [2.45, 2.75) is 45.4 Å². The lowest BCUT2D eigenvalue weighted by molar-refractivity contribution is 0.0940. The Balaban J connectivity index is 1.51. The normalized spacial score (nSPS) is 17.2. The molecule has 1 fully saturated rings. The molecule has 2 aromatic rings. The first-order chi connectivity index (χ1) is 11.6. The summed E-state index contributed by atoms with van der Waals surface area (Å²) in [7, 11) is 1.76. The molecule has 24 heavy (non-hydrogen) atoms. The highest BCUT2D eigenvalue weighted by Gasteiger charge is 2.17. The van der Waals surface area contributed by atoms with Crippen molar-refractivity contribution in [3.05, 3.63) is 28.5 Å². The first-order valence-corrected chi connectivity index (χ1v) is 9.05. The summed E-state index contributed by atoms with van der Waals surface area (Å²) in [5.41, 5.74) is 0.693. The molecule has 0 saturated carbocycles. The molecule has 2 amide bonds. The summed E-state index contributed by atoms with van der Waals surface area (Å²) < 4.78 is 7.42. The van der Waals surface area contributed by atoms with E-state index in [-0.39, 0.29) is 12.1 Å². The van der Waals surface area contributed by atoms with Crippen molar-refractivity contribution >= 4 is 23.1 Å². The highest BCUT2D eigenvalue weighted by atomic mass is 32.1. The minimum atomic E-state index is -0.167. The van der Waals surface area contributed by atoms with Crippen molar-refractivity contribution in [2.75, 3.05) is 19.0 Å². The standard InChI is InChI=1S/C16H23N5O2S/c1-3-14-8-17-15(24-14)11-20(2)16(22)19-12-7-18-21(9-12)10-13-5-4-6-23-13/h7-9,13H,3-6,10-11H2,1-2H3,(H,19,22). The number of hydrogen-bond donors (Lipinski definition) is 1. The van der Waals surface area contributed by atoms with Crippen molar-refractivity contribution in [3.63, 3.8) is 0 Å². The van der Waals surface area contributed by atoms with E-state index in [0.29, 0.717) is 12.2 Å². The van der Waals surface area contributed by atoms with Crippen LogP contribution in [0.3, 0.4) is 0 Å². The predicted molar refractivity (Wildman–Crippen MR) is 93.2 cm³/mol. The van der Waals surface area contributed by atoms with Gasteiger partial charge in [0.1, 0.15) is 5.01 Å². The van der Waals surface area contributed by atoms with Gasteiger partial charge in [-0.25, -0.2) is 9.78 Å². The molecule has 3 heterocycles. The van der Waals surface area contributed by atoms with Gasteiger partial charge in [-0.2, -0.15) is 5.10 Å². The van der Waals surface area contributed by atoms with Crippen molar-refractivity contribution < 1.29 is 9.53 Å². The Morgan fingerprint density at radius 3 is 3.12 bits per heavy atom. The Hall–Kier alpha value is -1.93. The van der Waals surface area contributed by atoms with Gasteiger partial charge in [0.05, 0.1) is 31.1 Å². The van der Waals surface area contributed by atoms with Crippen LogP contribution in [0.5, 0.6) is 0 Å². The molecule has 130 valence electrons. The number of hydrogen-bond acceptors (Lipinski definition) is 5. The second-order valence-electron chi connectivity index (χ2n) is 5.95. The minimum Gasteiger partial charge on any atom is -0.376 e. The van der Waals surface area contributed by atoms with E-state index in [1.807, 2.05) is 17.1 Å². The quantitative estimate of drug-likeness (QED) is 0.870. The van der Waals surface area contributed by atoms with Gasteiger partial charge in [-0.05, 0) is 19.3 Å². The number of ether oxygens (including phenoxy) is 1. The fourth-order valence-corrected chi connectivity index (χ4v) is 3.52. The molecule has 1 unspecified atom stereocenters. The highest BCUT2D eigenvalue weighted by Crippen LogP contribution is 2.17. The number of aromatic nitrogens is 3. The van der Waals surface area contributed by atoms with Crippen LogP contribution in [0.2, 0.25) is 0 Å². The van der Waals surface area contributed by atoms with Gasteiger partial charge in [-0.1, -0.05) is 6.92 Å². The number of anilines is 1. The second kappa shape index (κ2) is 7.76. The first kappa shape index (κ1) is 16.9. The first-order valence-electron chi connectivity index (χ1n) is 8.23. The molecule has 1 saturated heterocycles. The van der Waals surface area contributed by atoms with Crippen LogP contribution in [0.1, 0.15) is 29.7 Å². The van der Waals surface area contributed by atoms with E-state index < -0.39 is 0 Å². The van der Waals surface area contributed by atoms with Gasteiger partial charge in [0.15, 0.2) is 0 Å². The van der Waals surface area contributed by atoms with Gasteiger partial charge >= 0.3 is 6.03 Å². The maximum absolute atomic E-state index is 12.3. The van der Waals surface area contributed by atoms with E-state index in [1.54, 1.807) is 29.5 Å². The van der Waals surface area contributed by atoms with Crippen LogP contribution < -0.4 is 5.32 Å². The number of carbonyl (C=O) groups is 1. The second-order valence-corrected chi connectivity index (χ2v) is 7.15. The van der Waals surface area contributed by atoms with E-state index in [9.17, 15) is 4.79 Å². The monoisotopic (exact) mass is 349 g/mol. The molecular weight excluding hydrogens is 326 g/mol. The van der Waals surface area contributed by atoms with Crippen LogP contribution in [-0.4, -0.2) is 45.5 Å². The van der Waals surface area contributed by atoms with E-state index in [2.05, 4.69) is 22.3 Å². The molecule has 0 bridgehead atoms. The van der Waals surface area contributed by atoms with Gasteiger partial charge in [0.2, 0.25) is 0 Å². The van der Waals surface area contributed by atoms with Crippen molar-refractivity contribution in [3.8, 4) is 0 Å². The number of carbonyl (C=O) groups excluding carboxylic acids is 1. The molecule has 0 aromatic carbocycles. The Labute approximate surface area is 145 Å². The fourth-order valence-electron chi connectivity index (χ4n) is 2.60. The summed E-state index contributed by atoms with van der Waals surface area (Å²) >= 11 is 1.64. The number of nitrogens with one attached hydrogen (secondary N) is 1. The molecular formula is C16H23N5O2S. The summed E-state index contributed by atoms with van der Waals surface area (Å²) in [4.78, 5) is 19.5. The summed E-state index contributed by atoms with van der Waals surface area (Å²) in [6.45, 7) is 4.16. The molecule has 0 radical (unpaired) electrons. The number of amides is 2. The molecule has 2 aromatic heterocycles. The number of aryl methyl sites for hydroxylation is 1. The van der Waals surface area contributed by atoms with Gasteiger partial charge in [0, 0.05) is 30.9 Å². The van der Waals surface area contributed by atoms with E-state index >= 15 is 0 Å². The third-order valence-electron chi connectivity index (χ3n) is 3.97. The smallest absolute Gasteiger partial charge is 0.322 e. The van der Waals surface area contributed by atoms with Gasteiger partial charge in [0.25, 0.3) is 0 Å². The lowest BCUT2D eigenvalue weighted by Gasteiger charge is -2.15. The van der Waals surface area contributed by atoms with Crippen LogP contribution in [0, 0.1) is 0 Å². The fraction of sp³-hybridized carbons (Fsp3) is 0.562. The number of rotatable bonds is 6. The lowest BCUT2D eigenvalue weighted by Crippen LogP contribution is -2.30. The van der Waals surface area contributed by atoms with Crippen LogP contribution in [0.25, 0.3) is 0 Å². The van der Waals surface area contributed by atoms with Crippen LogP contribution in [0.15, 0.2) is 18.6 Å². The van der Waals surface area contributed by atoms with Crippen molar-refractivity contribution in [2.24, 2.45) is 0 Å². The van der Waals surface area contributed by atoms with E-state index in [0.717, 1.165) is 37.4 Å². The van der Waals surface area contributed by atoms with Crippen LogP contribution >= 0.6 is 11.3 Å². The summed E-state index contributed by atoms with van der Waals surface area (Å²) in [6, 6.07) is -0.167. The molecule has 8 heteroatoms. The summed E-state index contributed by atoms with van der Waals surface area (Å²) in [6.07, 6.45) is 8.76. The molecule has 0 aliphatic carbocycles. The van der Waals surface area contributed by atoms with E-state index in [4.69, 9.17) is 4.74 Å². The SMILES string of the molecule is CCc1cnc(CN(C)C(=O)Nc2cnn(CC3CCCO3)c2)s1. The third kappa shape index (κ3) is 4.33. The third-order valence-corrected chi connectivity index (χ3v) is 5.09. The average Bonchev–Trinajstić information content (AvgIpc) is 3.30. The van der Waals surface area contributed by atoms with E-state index in [1.165, 1.54) is 4.88 Å². The zero-order valence-corrected chi connectivity index (χ0v) is 14.9. The molecule has 1 N–H and O–H groups in total. The Morgan fingerprint density at radius 1 is 1.54 bits per heavy atom. The number of nitrogens with zero attached hydrogens (tertiary/aromatic N) is 4. The summed E-state index contributed by atoms with van der Waals surface area (Å²) in [5.74, 6) is 0. The average molecular weight is 349 g/mol. The Morgan fingerprint density at radius 2 is 2.42 bits per heavy atom. The largest absolute Gasteiger partial charge is 0.376 e. The number of thiazole rings is 1. The van der Waals surface area contributed by atoms with Crippen LogP contribution in [-0.2, 0) is 24.2 Å². The zero-order chi connectivity index (χ0) is 16.9. The maximum Gasteiger partial charge on any atom is 0.322 e. The molecule has 7 nitrogen and oxygen atoms in total. The van der Waals surface area contributed by atoms with Crippen LogP contribution in [0.4, 0.5) is 10.5 Å². The summed E-state index contributed by atoms with van der Waals surface area (Å²) in [5, 5.41) is 8.09. The predicted octanol–water partition coefficient (Wildman–Crippen LogP) is 2.74. The lowest BCUT2D eigenvalue weighted by atomic mass is 10.2. The highest BCUT2D eigenvalue weighted by molar-refractivity contribution is 7.11. The molecule has 1 aliphatic rings. The molecule has 1 aliphatic heterocycles. The minimum absolute atomic E-state index is 0.167. The Bertz CT molecular complexity index is 678. The van der Waals surface area contributed by atoms with Gasteiger partial charge in [-0.3, -0.25) is 4.68 Å². The molecule has 3 rings (SSSR count). The van der Waals surface area contributed by atoms with Crippen molar-refractivity contribution in [1.82, 2.24) is 19.7 Å². The van der Waals surface area contributed by atoms with Gasteiger partial charge in [-0.15, -0.1) is 11.3 Å². The molecule has 1 atom stereocenters. The van der Waals surface area contributed by atoms with Gasteiger partial charge < -0.3 is 15.0 Å². The molecule has 0 spiro atoms. The number of urea groups is 1. The maximum atomic E-state index is 12.3.